The van der Waals surface area contributed by atoms with E-state index in [1.54, 1.807) is 6.92 Å². The van der Waals surface area contributed by atoms with Gasteiger partial charge in [-0.1, -0.05) is 113 Å². The van der Waals surface area contributed by atoms with E-state index in [-0.39, 0.29) is 39.6 Å². The maximum atomic E-state index is 11.5. The summed E-state index contributed by atoms with van der Waals surface area (Å²) in [5.74, 6) is 41.7. The minimum absolute atomic E-state index is 0.0296. The van der Waals surface area contributed by atoms with Crippen molar-refractivity contribution in [2.75, 3.05) is 207 Å². The fourth-order valence-corrected chi connectivity index (χ4v) is 11.7. The molecule has 0 aromatic heterocycles. The van der Waals surface area contributed by atoms with Gasteiger partial charge in [-0.3, -0.25) is 43.2 Å². The van der Waals surface area contributed by atoms with Crippen LogP contribution in [0.25, 0.3) is 0 Å². The van der Waals surface area contributed by atoms with Gasteiger partial charge in [0.05, 0.1) is 63.6 Å². The zero-order valence-electron chi connectivity index (χ0n) is 58.3. The van der Waals surface area contributed by atoms with Crippen LogP contribution in [0.15, 0.2) is 0 Å². The Morgan fingerprint density at radius 2 is 0.818 bits per heavy atom. The van der Waals surface area contributed by atoms with Crippen LogP contribution in [0, 0.1) is 105 Å². The number of rotatable bonds is 7. The lowest BCUT2D eigenvalue weighted by atomic mass is 9.98. The molecule has 6 aliphatic rings. The molecular weight excluding hydrogens is 1170 g/mol. The van der Waals surface area contributed by atoms with Crippen molar-refractivity contribution in [3.63, 3.8) is 0 Å². The number of carbonyl (C=O) groups excluding carboxylic acids is 2. The molecule has 0 bridgehead atoms. The summed E-state index contributed by atoms with van der Waals surface area (Å²) in [6, 6.07) is 0. The molecule has 6 saturated heterocycles. The van der Waals surface area contributed by atoms with Crippen LogP contribution in [0.3, 0.4) is 0 Å². The Kier molecular flexibility index (Phi) is 39.4. The fraction of sp³-hybridized carbons (Fsp3) is 0.794. The van der Waals surface area contributed by atoms with Gasteiger partial charge in [0.25, 0.3) is 0 Å². The summed E-state index contributed by atoms with van der Waals surface area (Å²) in [5.41, 5.74) is 0.210. The molecule has 0 atom stereocenters. The van der Waals surface area contributed by atoms with E-state index in [1.807, 2.05) is 21.7 Å². The predicted molar refractivity (Wildman–Crippen MR) is 369 cm³/mol. The molecule has 6 rings (SSSR count). The van der Waals surface area contributed by atoms with Gasteiger partial charge in [0.2, 0.25) is 21.8 Å². The van der Waals surface area contributed by atoms with Crippen molar-refractivity contribution in [2.24, 2.45) is 34.0 Å². The summed E-state index contributed by atoms with van der Waals surface area (Å²) in [5, 5.41) is 0. The Morgan fingerprint density at radius 1 is 0.489 bits per heavy atom. The van der Waals surface area contributed by atoms with E-state index in [0.29, 0.717) is 63.6 Å². The quantitative estimate of drug-likeness (QED) is 0.327. The van der Waals surface area contributed by atoms with Crippen LogP contribution < -0.4 is 0 Å². The first-order valence-corrected chi connectivity index (χ1v) is 36.9. The average Bonchev–Trinajstić information content (AvgIpc) is 3.60. The first-order valence-electron chi connectivity index (χ1n) is 31.8. The molecule has 17 nitrogen and oxygen atoms in total. The Morgan fingerprint density at radius 3 is 1.17 bits per heavy atom. The van der Waals surface area contributed by atoms with Crippen LogP contribution in [-0.2, 0) is 40.2 Å². The molecule has 500 valence electrons. The molecule has 0 spiro atoms. The second-order valence-corrected chi connectivity index (χ2v) is 33.5. The van der Waals surface area contributed by atoms with Gasteiger partial charge in [-0.25, -0.2) is 16.8 Å². The lowest BCUT2D eigenvalue weighted by molar-refractivity contribution is -0.134. The monoisotopic (exact) mass is 1280 g/mol. The second kappa shape index (κ2) is 42.2. The minimum atomic E-state index is -3.01. The highest BCUT2D eigenvalue weighted by atomic mass is 32.2. The Labute approximate surface area is 541 Å². The summed E-state index contributed by atoms with van der Waals surface area (Å²) in [6.07, 6.45) is 1.27. The molecular formula is C68H118N10O7S3. The van der Waals surface area contributed by atoms with Crippen molar-refractivity contribution in [1.29, 1.82) is 0 Å². The molecule has 0 unspecified atom stereocenters. The van der Waals surface area contributed by atoms with Gasteiger partial charge >= 0.3 is 0 Å². The summed E-state index contributed by atoms with van der Waals surface area (Å²) >= 11 is 0. The third-order valence-corrected chi connectivity index (χ3v) is 18.0. The van der Waals surface area contributed by atoms with Crippen LogP contribution >= 0.6 is 0 Å². The SMILES string of the molecule is CC(=O)N1CCN(CC#CC(C)(C)C)CC1.CC(C)(C)C#CCN1CCS(=O)(=O)CC1.CC(C)(C)C#CCN1CCS(=O)CC1.CC(C)C#CCN1CCN(C)CC1.CC(C)C#CCN1CCN(C)CC1=O.CC(C)C#CCN1CCN(S(C)(=O)=O)CC1. The molecule has 0 aromatic carbocycles. The normalized spacial score (nSPS) is 19.6. The molecule has 6 heterocycles. The highest BCUT2D eigenvalue weighted by molar-refractivity contribution is 7.91. The number of amides is 2. The number of carbonyl (C=O) groups is 2. The van der Waals surface area contributed by atoms with Crippen LogP contribution in [0.2, 0.25) is 0 Å². The number of hydrogen-bond donors (Lipinski definition) is 0. The number of likely N-dealkylation sites (N-methyl/N-ethyl adjacent to an activating group) is 2. The van der Waals surface area contributed by atoms with Gasteiger partial charge in [-0.15, -0.1) is 0 Å². The highest BCUT2D eigenvalue weighted by Crippen LogP contribution is 2.13. The predicted octanol–water partition coefficient (Wildman–Crippen LogP) is 4.60. The lowest BCUT2D eigenvalue weighted by Crippen LogP contribution is -2.48. The Balaban J connectivity index is 0.000000529. The van der Waals surface area contributed by atoms with Crippen molar-refractivity contribution in [2.45, 2.75) is 111 Å². The zero-order valence-corrected chi connectivity index (χ0v) is 60.7. The molecule has 0 aromatic rings. The van der Waals surface area contributed by atoms with Crippen LogP contribution in [0.4, 0.5) is 0 Å². The van der Waals surface area contributed by atoms with E-state index in [1.165, 1.54) is 36.7 Å². The van der Waals surface area contributed by atoms with Gasteiger partial charge in [-0.05, 0) is 76.4 Å². The first kappa shape index (κ1) is 82.0. The van der Waals surface area contributed by atoms with Crippen LogP contribution in [-0.4, -0.2) is 288 Å². The first-order chi connectivity index (χ1) is 40.8. The van der Waals surface area contributed by atoms with Crippen LogP contribution in [0.5, 0.6) is 0 Å². The summed E-state index contributed by atoms with van der Waals surface area (Å²) in [4.78, 5) is 42.1. The van der Waals surface area contributed by atoms with E-state index in [4.69, 9.17) is 0 Å². The number of piperazine rings is 4. The zero-order chi connectivity index (χ0) is 66.7. The van der Waals surface area contributed by atoms with Crippen molar-refractivity contribution < 1.29 is 30.6 Å². The molecule has 0 radical (unpaired) electrons. The van der Waals surface area contributed by atoms with Gasteiger partial charge < -0.3 is 14.7 Å². The van der Waals surface area contributed by atoms with E-state index in [0.717, 1.165) is 103 Å². The third kappa shape index (κ3) is 44.5. The highest BCUT2D eigenvalue weighted by Gasteiger charge is 2.24. The number of sulfone groups is 1. The van der Waals surface area contributed by atoms with E-state index in [9.17, 15) is 30.6 Å². The molecule has 0 N–H and O–H groups in total. The van der Waals surface area contributed by atoms with Crippen molar-refractivity contribution in [3.8, 4) is 71.0 Å². The topological polar surface area (TPSA) is 152 Å². The van der Waals surface area contributed by atoms with E-state index >= 15 is 0 Å². The van der Waals surface area contributed by atoms with Crippen molar-refractivity contribution >= 4 is 42.5 Å². The van der Waals surface area contributed by atoms with Gasteiger partial charge in [0.1, 0.15) is 0 Å². The second-order valence-electron chi connectivity index (χ2n) is 27.5. The molecule has 0 saturated carbocycles. The molecule has 2 amide bonds. The molecule has 6 fully saturated rings. The molecule has 20 heteroatoms. The largest absolute Gasteiger partial charge is 0.340 e. The van der Waals surface area contributed by atoms with Crippen molar-refractivity contribution in [3.05, 3.63) is 0 Å². The minimum Gasteiger partial charge on any atom is -0.340 e. The summed E-state index contributed by atoms with van der Waals surface area (Å²) in [6.45, 7) is 54.1. The fourth-order valence-electron chi connectivity index (χ4n) is 8.50. The smallest absolute Gasteiger partial charge is 0.237 e. The Hall–Kier alpha value is -3.97. The maximum Gasteiger partial charge on any atom is 0.237 e. The van der Waals surface area contributed by atoms with E-state index < -0.39 is 30.7 Å². The third-order valence-electron chi connectivity index (χ3n) is 13.8. The van der Waals surface area contributed by atoms with Gasteiger partial charge in [-0.2, -0.15) is 4.31 Å². The standard InChI is InChI=1S/C13H22N2O.C11H20N2O2S.C11H18N2O.C11H20N2.C11H19NO2S.C11H19NOS/c1-12(16)15-10-8-14(9-11-15)7-5-6-13(2,3)4;1-11(2)5-4-6-12-7-9-13(10-8-12)16(3,14)15;1-10(2)5-4-6-13-8-7-12(3)9-11(13)14;1-11(2)5-4-6-13-9-7-12(3)8-10-13;1-11(2,3)5-4-6-12-7-9-15(13,14)10-8-12;1-11(2,3)5-4-6-12-7-9-14(13)10-8-12/h7-11H2,1-4H3;11H,6-10H2,1-3H3;10H,6-9H2,1-3H3;11H,6-10H2,1-3H3;6-10H2,1-3H3;6-10H2,1-3H3. The molecule has 0 aliphatic carbocycles. The summed E-state index contributed by atoms with van der Waals surface area (Å²) in [7, 11) is -2.20. The lowest BCUT2D eigenvalue weighted by Gasteiger charge is -2.33. The maximum absolute atomic E-state index is 11.5. The van der Waals surface area contributed by atoms with Crippen LogP contribution in [0.1, 0.15) is 111 Å². The number of sulfonamides is 1. The Bertz CT molecular complexity index is 2710. The summed E-state index contributed by atoms with van der Waals surface area (Å²) < 4.78 is 57.5. The molecule has 88 heavy (non-hydrogen) atoms. The van der Waals surface area contributed by atoms with Gasteiger partial charge in [0, 0.05) is 181 Å². The van der Waals surface area contributed by atoms with E-state index in [2.05, 4.69) is 211 Å². The van der Waals surface area contributed by atoms with Gasteiger partial charge in [0.15, 0.2) is 9.84 Å². The van der Waals surface area contributed by atoms with Crippen molar-refractivity contribution in [1.82, 2.24) is 48.4 Å². The average molecular weight is 1280 g/mol. The number of hydrogen-bond acceptors (Lipinski definition) is 14. The number of nitrogens with zero attached hydrogens (tertiary/aromatic N) is 10. The molecule has 6 aliphatic heterocycles.